The van der Waals surface area contributed by atoms with Crippen molar-refractivity contribution in [3.8, 4) is 5.88 Å². The predicted molar refractivity (Wildman–Crippen MR) is 125 cm³/mol. The number of nitrogens with one attached hydrogen (secondary N) is 1. The highest BCUT2D eigenvalue weighted by Gasteiger charge is 2.23. The molecule has 1 unspecified atom stereocenters. The molecule has 0 radical (unpaired) electrons. The number of hydrogen-bond donors (Lipinski definition) is 3. The summed E-state index contributed by atoms with van der Waals surface area (Å²) in [4.78, 5) is 12.5. The second-order valence-electron chi connectivity index (χ2n) is 9.01. The van der Waals surface area contributed by atoms with Crippen LogP contribution in [-0.2, 0) is 30.0 Å². The zero-order chi connectivity index (χ0) is 23.5. The van der Waals surface area contributed by atoms with Gasteiger partial charge in [0.25, 0.3) is 0 Å². The van der Waals surface area contributed by atoms with Gasteiger partial charge >= 0.3 is 5.69 Å². The lowest BCUT2D eigenvalue weighted by Crippen LogP contribution is -2.30. The van der Waals surface area contributed by atoms with E-state index in [0.717, 1.165) is 57.6 Å². The first kappa shape index (κ1) is 27.7. The highest BCUT2D eigenvalue weighted by molar-refractivity contribution is 7.88. The average molecular weight is 462 g/mol. The van der Waals surface area contributed by atoms with E-state index in [0.29, 0.717) is 38.0 Å². The van der Waals surface area contributed by atoms with E-state index in [1.165, 1.54) is 11.0 Å². The van der Waals surface area contributed by atoms with Crippen molar-refractivity contribution >= 4 is 10.0 Å². The van der Waals surface area contributed by atoms with E-state index in [9.17, 15) is 23.4 Å². The summed E-state index contributed by atoms with van der Waals surface area (Å²) in [6.07, 6.45) is 11.8. The maximum absolute atomic E-state index is 12.5. The molecular formula is C22H43N3O5S. The molecule has 0 fully saturated rings. The Morgan fingerprint density at radius 3 is 2.26 bits per heavy atom. The van der Waals surface area contributed by atoms with E-state index in [-0.39, 0.29) is 11.6 Å². The molecule has 1 heterocycles. The van der Waals surface area contributed by atoms with Gasteiger partial charge < -0.3 is 10.2 Å². The van der Waals surface area contributed by atoms with Gasteiger partial charge in [0.1, 0.15) is 0 Å². The van der Waals surface area contributed by atoms with Crippen LogP contribution in [-0.4, -0.2) is 46.2 Å². The predicted octanol–water partition coefficient (Wildman–Crippen LogP) is 3.05. The average Bonchev–Trinajstić information content (AvgIpc) is 2.88. The lowest BCUT2D eigenvalue weighted by Gasteiger charge is -2.23. The van der Waals surface area contributed by atoms with Gasteiger partial charge in [-0.3, -0.25) is 9.13 Å². The fraction of sp³-hybridized carbons (Fsp3) is 0.864. The monoisotopic (exact) mass is 461 g/mol. The molecule has 1 atom stereocenters. The molecule has 0 saturated carbocycles. The van der Waals surface area contributed by atoms with Crippen molar-refractivity contribution < 1.29 is 18.6 Å². The van der Waals surface area contributed by atoms with Crippen LogP contribution in [0.3, 0.4) is 0 Å². The SMILES string of the molecule is CCCCCCC(C)(O)CCn1c(CCCCCCCNS(C)(=O)=O)c(O)n(C)c1=O. The highest BCUT2D eigenvalue weighted by Crippen LogP contribution is 2.23. The van der Waals surface area contributed by atoms with Gasteiger partial charge in [0, 0.05) is 20.1 Å². The van der Waals surface area contributed by atoms with Crippen molar-refractivity contribution in [2.45, 2.75) is 103 Å². The molecule has 0 saturated heterocycles. The summed E-state index contributed by atoms with van der Waals surface area (Å²) >= 11 is 0. The standard InChI is InChI=1S/C22H43N3O5S/c1-5-6-7-12-15-22(2,28)16-18-25-19(20(26)24(3)21(25)27)14-11-9-8-10-13-17-23-31(4,29)30/h23,26,28H,5-18H2,1-4H3. The number of imidazole rings is 1. The Balaban J connectivity index is 2.51. The molecule has 1 aromatic rings. The number of aromatic hydroxyl groups is 1. The molecule has 8 nitrogen and oxygen atoms in total. The van der Waals surface area contributed by atoms with Gasteiger partial charge in [-0.25, -0.2) is 17.9 Å². The van der Waals surface area contributed by atoms with Gasteiger partial charge in [-0.15, -0.1) is 0 Å². The number of unbranched alkanes of at least 4 members (excludes halogenated alkanes) is 7. The number of aliphatic hydroxyl groups is 1. The Morgan fingerprint density at radius 1 is 1.00 bits per heavy atom. The molecule has 182 valence electrons. The van der Waals surface area contributed by atoms with Crippen LogP contribution in [0.1, 0.15) is 90.2 Å². The fourth-order valence-electron chi connectivity index (χ4n) is 3.79. The molecule has 1 aromatic heterocycles. The Morgan fingerprint density at radius 2 is 1.61 bits per heavy atom. The summed E-state index contributed by atoms with van der Waals surface area (Å²) in [5.74, 6) is 0.00458. The van der Waals surface area contributed by atoms with Crippen LogP contribution in [0.5, 0.6) is 5.88 Å². The lowest BCUT2D eigenvalue weighted by atomic mass is 9.94. The summed E-state index contributed by atoms with van der Waals surface area (Å²) in [6.45, 7) is 4.83. The second kappa shape index (κ2) is 13.3. The summed E-state index contributed by atoms with van der Waals surface area (Å²) < 4.78 is 27.4. The number of aromatic nitrogens is 2. The van der Waals surface area contributed by atoms with Gasteiger partial charge in [-0.2, -0.15) is 0 Å². The highest BCUT2D eigenvalue weighted by atomic mass is 32.2. The quantitative estimate of drug-likeness (QED) is 0.309. The number of sulfonamides is 1. The van der Waals surface area contributed by atoms with Gasteiger partial charge in [0.05, 0.1) is 17.6 Å². The third-order valence-electron chi connectivity index (χ3n) is 5.82. The van der Waals surface area contributed by atoms with E-state index in [1.807, 2.05) is 6.92 Å². The van der Waals surface area contributed by atoms with Crippen molar-refractivity contribution in [1.82, 2.24) is 13.9 Å². The molecule has 3 N–H and O–H groups in total. The van der Waals surface area contributed by atoms with Crippen molar-refractivity contribution in [2.75, 3.05) is 12.8 Å². The normalized spacial score (nSPS) is 14.1. The molecule has 9 heteroatoms. The van der Waals surface area contributed by atoms with Gasteiger partial charge in [-0.05, 0) is 39.0 Å². The Kier molecular flexibility index (Phi) is 11.9. The molecule has 0 aliphatic carbocycles. The molecule has 31 heavy (non-hydrogen) atoms. The zero-order valence-corrected chi connectivity index (χ0v) is 20.6. The third-order valence-corrected chi connectivity index (χ3v) is 6.55. The van der Waals surface area contributed by atoms with E-state index in [2.05, 4.69) is 11.6 Å². The Bertz CT molecular complexity index is 812. The first-order valence-electron chi connectivity index (χ1n) is 11.6. The van der Waals surface area contributed by atoms with Crippen LogP contribution in [0.4, 0.5) is 0 Å². The second-order valence-corrected chi connectivity index (χ2v) is 10.8. The molecular weight excluding hydrogens is 418 g/mol. The van der Waals surface area contributed by atoms with Crippen LogP contribution in [0.15, 0.2) is 4.79 Å². The van der Waals surface area contributed by atoms with Crippen molar-refractivity contribution in [1.29, 1.82) is 0 Å². The smallest absolute Gasteiger partial charge is 0.331 e. The fourth-order valence-corrected chi connectivity index (χ4v) is 4.31. The largest absolute Gasteiger partial charge is 0.493 e. The molecule has 0 aliphatic heterocycles. The third kappa shape index (κ3) is 10.7. The topological polar surface area (TPSA) is 114 Å². The van der Waals surface area contributed by atoms with Gasteiger partial charge in [-0.1, -0.05) is 51.9 Å². The molecule has 0 aliphatic rings. The molecule has 0 spiro atoms. The van der Waals surface area contributed by atoms with Gasteiger partial charge in [0.15, 0.2) is 0 Å². The minimum atomic E-state index is -3.12. The van der Waals surface area contributed by atoms with E-state index in [1.54, 1.807) is 11.6 Å². The summed E-state index contributed by atoms with van der Waals surface area (Å²) in [5.41, 5.74) is -0.440. The van der Waals surface area contributed by atoms with E-state index in [4.69, 9.17) is 0 Å². The van der Waals surface area contributed by atoms with Crippen molar-refractivity contribution in [2.24, 2.45) is 7.05 Å². The maximum Gasteiger partial charge on any atom is 0.331 e. The first-order chi connectivity index (χ1) is 14.5. The maximum atomic E-state index is 12.5. The lowest BCUT2D eigenvalue weighted by molar-refractivity contribution is 0.0345. The summed E-state index contributed by atoms with van der Waals surface area (Å²) in [5, 5.41) is 21.1. The van der Waals surface area contributed by atoms with Gasteiger partial charge in [0.2, 0.25) is 15.9 Å². The van der Waals surface area contributed by atoms with Crippen LogP contribution >= 0.6 is 0 Å². The van der Waals surface area contributed by atoms with E-state index < -0.39 is 15.6 Å². The molecule has 0 amide bonds. The van der Waals surface area contributed by atoms with Crippen LogP contribution in [0.25, 0.3) is 0 Å². The summed E-state index contributed by atoms with van der Waals surface area (Å²) in [7, 11) is -1.56. The molecule has 0 bridgehead atoms. The first-order valence-corrected chi connectivity index (χ1v) is 13.5. The molecule has 0 aromatic carbocycles. The van der Waals surface area contributed by atoms with E-state index >= 15 is 0 Å². The summed E-state index contributed by atoms with van der Waals surface area (Å²) in [6, 6.07) is 0. The Labute approximate surface area is 187 Å². The van der Waals surface area contributed by atoms with Crippen molar-refractivity contribution in [3.63, 3.8) is 0 Å². The van der Waals surface area contributed by atoms with Crippen LogP contribution in [0.2, 0.25) is 0 Å². The minimum Gasteiger partial charge on any atom is -0.493 e. The minimum absolute atomic E-state index is 0.00458. The molecule has 1 rings (SSSR count). The number of rotatable bonds is 17. The van der Waals surface area contributed by atoms with Crippen LogP contribution < -0.4 is 10.4 Å². The zero-order valence-electron chi connectivity index (χ0n) is 19.8. The Hall–Kier alpha value is -1.32. The number of nitrogens with zero attached hydrogens (tertiary/aromatic N) is 2. The number of hydrogen-bond acceptors (Lipinski definition) is 5. The van der Waals surface area contributed by atoms with Crippen molar-refractivity contribution in [3.05, 3.63) is 16.2 Å². The van der Waals surface area contributed by atoms with Crippen LogP contribution in [0, 0.1) is 0 Å².